The number of hydrogen-bond acceptors (Lipinski definition) is 4. The number of aryl methyl sites for hydroxylation is 1. The Bertz CT molecular complexity index is 751. The molecule has 132 valence electrons. The number of ether oxygens (including phenoxy) is 3. The van der Waals surface area contributed by atoms with Gasteiger partial charge in [0.05, 0.1) is 21.3 Å². The molecule has 0 saturated heterocycles. The van der Waals surface area contributed by atoms with Gasteiger partial charge in [0.1, 0.15) is 5.75 Å². The number of carbonyl (C=O) groups excluding carboxylic acids is 1. The highest BCUT2D eigenvalue weighted by molar-refractivity contribution is 6.02. The van der Waals surface area contributed by atoms with Crippen LogP contribution in [0.5, 0.6) is 17.2 Å². The summed E-state index contributed by atoms with van der Waals surface area (Å²) in [6, 6.07) is 11.3. The Hall–Kier alpha value is -2.95. The van der Waals surface area contributed by atoms with Crippen molar-refractivity contribution in [3.05, 3.63) is 53.6 Å². The van der Waals surface area contributed by atoms with E-state index in [1.807, 2.05) is 24.3 Å². The lowest BCUT2D eigenvalue weighted by atomic mass is 10.1. The summed E-state index contributed by atoms with van der Waals surface area (Å²) in [5, 5.41) is 2.83. The average molecular weight is 341 g/mol. The molecular weight excluding hydrogens is 318 g/mol. The first-order valence-corrected chi connectivity index (χ1v) is 7.99. The third-order valence-corrected chi connectivity index (χ3v) is 3.78. The fourth-order valence-electron chi connectivity index (χ4n) is 2.36. The van der Waals surface area contributed by atoms with Gasteiger partial charge in [0, 0.05) is 23.4 Å². The minimum absolute atomic E-state index is 0.221. The lowest BCUT2D eigenvalue weighted by Gasteiger charge is -2.12. The van der Waals surface area contributed by atoms with Crippen molar-refractivity contribution >= 4 is 17.7 Å². The molecule has 0 bridgehead atoms. The second kappa shape index (κ2) is 8.78. The smallest absolute Gasteiger partial charge is 0.248 e. The van der Waals surface area contributed by atoms with E-state index in [4.69, 9.17) is 14.2 Å². The maximum absolute atomic E-state index is 12.1. The summed E-state index contributed by atoms with van der Waals surface area (Å²) in [5.41, 5.74) is 2.70. The topological polar surface area (TPSA) is 56.8 Å². The molecule has 1 N–H and O–H groups in total. The lowest BCUT2D eigenvalue weighted by Crippen LogP contribution is -2.07. The highest BCUT2D eigenvalue weighted by Crippen LogP contribution is 2.35. The van der Waals surface area contributed by atoms with E-state index in [0.717, 1.165) is 17.7 Å². The van der Waals surface area contributed by atoms with E-state index < -0.39 is 0 Å². The number of carbonyl (C=O) groups is 1. The number of nitrogens with one attached hydrogen (secondary N) is 1. The second-order valence-electron chi connectivity index (χ2n) is 5.32. The van der Waals surface area contributed by atoms with Gasteiger partial charge in [0.2, 0.25) is 5.91 Å². The van der Waals surface area contributed by atoms with Crippen molar-refractivity contribution in [2.75, 3.05) is 26.6 Å². The van der Waals surface area contributed by atoms with Gasteiger partial charge in [0.15, 0.2) is 11.5 Å². The highest BCUT2D eigenvalue weighted by atomic mass is 16.5. The number of methoxy groups -OCH3 is 3. The molecule has 0 saturated carbocycles. The fourth-order valence-corrected chi connectivity index (χ4v) is 2.36. The molecule has 5 heteroatoms. The Morgan fingerprint density at radius 3 is 2.12 bits per heavy atom. The van der Waals surface area contributed by atoms with Crippen LogP contribution in [0.2, 0.25) is 0 Å². The van der Waals surface area contributed by atoms with Gasteiger partial charge in [-0.25, -0.2) is 0 Å². The second-order valence-corrected chi connectivity index (χ2v) is 5.32. The van der Waals surface area contributed by atoms with E-state index in [0.29, 0.717) is 17.2 Å². The van der Waals surface area contributed by atoms with E-state index in [2.05, 4.69) is 12.2 Å². The summed E-state index contributed by atoms with van der Waals surface area (Å²) in [6.45, 7) is 2.09. The summed E-state index contributed by atoms with van der Waals surface area (Å²) in [5.74, 6) is 1.51. The third kappa shape index (κ3) is 4.76. The summed E-state index contributed by atoms with van der Waals surface area (Å²) in [7, 11) is 4.68. The Balaban J connectivity index is 2.15. The molecule has 0 atom stereocenters. The molecule has 2 rings (SSSR count). The monoisotopic (exact) mass is 341 g/mol. The quantitative estimate of drug-likeness (QED) is 0.775. The first-order chi connectivity index (χ1) is 12.1. The van der Waals surface area contributed by atoms with Gasteiger partial charge in [-0.3, -0.25) is 4.79 Å². The first-order valence-electron chi connectivity index (χ1n) is 7.99. The third-order valence-electron chi connectivity index (χ3n) is 3.78. The highest BCUT2D eigenvalue weighted by Gasteiger charge is 2.10. The first kappa shape index (κ1) is 18.4. The van der Waals surface area contributed by atoms with Crippen molar-refractivity contribution in [2.24, 2.45) is 0 Å². The van der Waals surface area contributed by atoms with E-state index in [1.165, 1.54) is 11.6 Å². The van der Waals surface area contributed by atoms with Gasteiger partial charge >= 0.3 is 0 Å². The lowest BCUT2D eigenvalue weighted by molar-refractivity contribution is -0.111. The predicted octanol–water partition coefficient (Wildman–Crippen LogP) is 3.93. The summed E-state index contributed by atoms with van der Waals surface area (Å²) in [4.78, 5) is 12.1. The van der Waals surface area contributed by atoms with Crippen LogP contribution in [-0.4, -0.2) is 27.2 Å². The van der Waals surface area contributed by atoms with Crippen LogP contribution in [-0.2, 0) is 11.2 Å². The van der Waals surface area contributed by atoms with E-state index in [1.54, 1.807) is 39.5 Å². The van der Waals surface area contributed by atoms with Gasteiger partial charge < -0.3 is 19.5 Å². The fraction of sp³-hybridized carbons (Fsp3) is 0.250. The van der Waals surface area contributed by atoms with Crippen LogP contribution in [0, 0.1) is 0 Å². The van der Waals surface area contributed by atoms with Gasteiger partial charge in [-0.15, -0.1) is 0 Å². The SMILES string of the molecule is CCc1ccc(NC(=O)/C=C/c2cc(OC)c(OC)cc2OC)cc1. The molecule has 0 aliphatic carbocycles. The van der Waals surface area contributed by atoms with Crippen LogP contribution in [0.25, 0.3) is 6.08 Å². The van der Waals surface area contributed by atoms with Crippen molar-refractivity contribution in [2.45, 2.75) is 13.3 Å². The van der Waals surface area contributed by atoms with Gasteiger partial charge in [-0.05, 0) is 36.3 Å². The van der Waals surface area contributed by atoms with E-state index in [-0.39, 0.29) is 5.91 Å². The van der Waals surface area contributed by atoms with Crippen LogP contribution in [0.3, 0.4) is 0 Å². The van der Waals surface area contributed by atoms with Gasteiger partial charge in [0.25, 0.3) is 0 Å². The molecule has 2 aromatic carbocycles. The minimum Gasteiger partial charge on any atom is -0.496 e. The molecule has 0 unspecified atom stereocenters. The van der Waals surface area contributed by atoms with Crippen molar-refractivity contribution in [3.8, 4) is 17.2 Å². The Labute approximate surface area is 148 Å². The van der Waals surface area contributed by atoms with Crippen LogP contribution >= 0.6 is 0 Å². The zero-order valence-electron chi connectivity index (χ0n) is 15.0. The van der Waals surface area contributed by atoms with Crippen molar-refractivity contribution in [1.82, 2.24) is 0 Å². The molecule has 0 aliphatic heterocycles. The maximum atomic E-state index is 12.1. The molecule has 0 heterocycles. The van der Waals surface area contributed by atoms with Crippen LogP contribution < -0.4 is 19.5 Å². The molecule has 0 aromatic heterocycles. The number of anilines is 1. The molecule has 1 amide bonds. The van der Waals surface area contributed by atoms with Crippen molar-refractivity contribution in [1.29, 1.82) is 0 Å². The van der Waals surface area contributed by atoms with Crippen LogP contribution in [0.15, 0.2) is 42.5 Å². The number of amides is 1. The Kier molecular flexibility index (Phi) is 6.46. The summed E-state index contributed by atoms with van der Waals surface area (Å²) >= 11 is 0. The summed E-state index contributed by atoms with van der Waals surface area (Å²) < 4.78 is 15.9. The molecule has 0 fully saturated rings. The number of hydrogen-bond donors (Lipinski definition) is 1. The molecule has 0 spiro atoms. The molecular formula is C20H23NO4. The largest absolute Gasteiger partial charge is 0.496 e. The normalized spacial score (nSPS) is 10.6. The minimum atomic E-state index is -0.221. The maximum Gasteiger partial charge on any atom is 0.248 e. The number of benzene rings is 2. The predicted molar refractivity (Wildman–Crippen MR) is 99.6 cm³/mol. The van der Waals surface area contributed by atoms with Crippen LogP contribution in [0.4, 0.5) is 5.69 Å². The van der Waals surface area contributed by atoms with E-state index in [9.17, 15) is 4.79 Å². The van der Waals surface area contributed by atoms with Crippen LogP contribution in [0.1, 0.15) is 18.1 Å². The molecule has 0 aliphatic rings. The Morgan fingerprint density at radius 2 is 1.56 bits per heavy atom. The average Bonchev–Trinajstić information content (AvgIpc) is 2.66. The zero-order valence-corrected chi connectivity index (χ0v) is 15.0. The molecule has 0 radical (unpaired) electrons. The molecule has 2 aromatic rings. The molecule has 5 nitrogen and oxygen atoms in total. The van der Waals surface area contributed by atoms with E-state index >= 15 is 0 Å². The zero-order chi connectivity index (χ0) is 18.2. The van der Waals surface area contributed by atoms with Crippen molar-refractivity contribution < 1.29 is 19.0 Å². The van der Waals surface area contributed by atoms with Gasteiger partial charge in [-0.1, -0.05) is 19.1 Å². The number of rotatable bonds is 7. The van der Waals surface area contributed by atoms with Crippen molar-refractivity contribution in [3.63, 3.8) is 0 Å². The molecule has 25 heavy (non-hydrogen) atoms. The van der Waals surface area contributed by atoms with Gasteiger partial charge in [-0.2, -0.15) is 0 Å². The summed E-state index contributed by atoms with van der Waals surface area (Å²) in [6.07, 6.45) is 4.10. The Morgan fingerprint density at radius 1 is 0.960 bits per heavy atom. The standard InChI is InChI=1S/C20H23NO4/c1-5-14-6-9-16(10-7-14)21-20(22)11-8-15-12-18(24-3)19(25-4)13-17(15)23-2/h6-13H,5H2,1-4H3,(H,21,22)/b11-8+.